The average Bonchev–Trinajstić information content (AvgIpc) is 3.00. The number of H-pyrrole nitrogens is 1. The van der Waals surface area contributed by atoms with Gasteiger partial charge in [-0.15, -0.1) is 12.8 Å². The van der Waals surface area contributed by atoms with Gasteiger partial charge in [0.1, 0.15) is 0 Å². The summed E-state index contributed by atoms with van der Waals surface area (Å²) in [6.07, 6.45) is 9.30. The number of nitrogens with two attached hydrogens (primary N) is 1. The number of aromatic nitrogens is 2. The van der Waals surface area contributed by atoms with E-state index < -0.39 is 0 Å². The number of anilines is 1. The molecule has 0 spiro atoms. The maximum absolute atomic E-state index is 5.91. The van der Waals surface area contributed by atoms with E-state index in [0.717, 1.165) is 22.3 Å². The predicted octanol–water partition coefficient (Wildman–Crippen LogP) is 4.71. The summed E-state index contributed by atoms with van der Waals surface area (Å²) in [5, 5.41) is 0.857. The summed E-state index contributed by atoms with van der Waals surface area (Å²) in [5.41, 5.74) is 9.23. The van der Waals surface area contributed by atoms with E-state index in [1.54, 1.807) is 0 Å². The highest BCUT2D eigenvalue weighted by Gasteiger charge is 2.46. The Balaban J connectivity index is 0.000000211. The molecule has 0 radical (unpaired) electrons. The SMILES string of the molecule is C#C.CC1(C)C[C@H]1c1cccc(Cl)c1.Cc1nc(N)[nH]c1C. The van der Waals surface area contributed by atoms with Gasteiger partial charge in [0, 0.05) is 10.7 Å². The highest BCUT2D eigenvalue weighted by molar-refractivity contribution is 6.30. The van der Waals surface area contributed by atoms with Crippen molar-refractivity contribution < 1.29 is 0 Å². The number of hydrogen-bond donors (Lipinski definition) is 2. The van der Waals surface area contributed by atoms with Gasteiger partial charge in [-0.25, -0.2) is 4.98 Å². The number of nitrogen functional groups attached to an aromatic ring is 1. The molecule has 0 bridgehead atoms. The van der Waals surface area contributed by atoms with E-state index in [2.05, 4.69) is 48.8 Å². The molecule has 4 heteroatoms. The normalized spacial score (nSPS) is 17.5. The third-order valence-electron chi connectivity index (χ3n) is 3.91. The Labute approximate surface area is 138 Å². The molecule has 1 aromatic heterocycles. The molecular formula is C18H24ClN3. The van der Waals surface area contributed by atoms with Gasteiger partial charge in [0.15, 0.2) is 5.95 Å². The zero-order valence-electron chi connectivity index (χ0n) is 13.7. The van der Waals surface area contributed by atoms with Crippen LogP contribution in [0.5, 0.6) is 0 Å². The highest BCUT2D eigenvalue weighted by Crippen LogP contribution is 2.58. The fourth-order valence-corrected chi connectivity index (χ4v) is 2.53. The first-order valence-corrected chi connectivity index (χ1v) is 7.55. The molecule has 118 valence electrons. The lowest BCUT2D eigenvalue weighted by Crippen LogP contribution is -1.88. The van der Waals surface area contributed by atoms with Gasteiger partial charge in [-0.2, -0.15) is 0 Å². The molecule has 3 rings (SSSR count). The smallest absolute Gasteiger partial charge is 0.197 e. The zero-order valence-corrected chi connectivity index (χ0v) is 14.4. The van der Waals surface area contributed by atoms with Crippen LogP contribution in [0.4, 0.5) is 5.95 Å². The second-order valence-electron chi connectivity index (χ2n) is 6.13. The Morgan fingerprint density at radius 3 is 2.23 bits per heavy atom. The molecule has 0 amide bonds. The number of aromatic amines is 1. The first-order valence-electron chi connectivity index (χ1n) is 7.17. The van der Waals surface area contributed by atoms with Crippen LogP contribution in [0.15, 0.2) is 24.3 Å². The van der Waals surface area contributed by atoms with Crippen LogP contribution < -0.4 is 5.73 Å². The number of aryl methyl sites for hydroxylation is 2. The summed E-state index contributed by atoms with van der Waals surface area (Å²) in [4.78, 5) is 6.81. The molecule has 0 unspecified atom stereocenters. The minimum Gasteiger partial charge on any atom is -0.369 e. The van der Waals surface area contributed by atoms with Crippen LogP contribution in [0.2, 0.25) is 5.02 Å². The summed E-state index contributed by atoms with van der Waals surface area (Å²) in [6, 6.07) is 8.22. The molecule has 1 aromatic carbocycles. The van der Waals surface area contributed by atoms with Gasteiger partial charge in [-0.1, -0.05) is 37.6 Å². The van der Waals surface area contributed by atoms with Crippen molar-refractivity contribution in [2.45, 2.75) is 40.0 Å². The van der Waals surface area contributed by atoms with Crippen LogP contribution in [0, 0.1) is 32.1 Å². The highest BCUT2D eigenvalue weighted by atomic mass is 35.5. The summed E-state index contributed by atoms with van der Waals surface area (Å²) in [5.74, 6) is 1.23. The van der Waals surface area contributed by atoms with Crippen LogP contribution in [0.3, 0.4) is 0 Å². The van der Waals surface area contributed by atoms with Crippen LogP contribution in [-0.2, 0) is 0 Å². The number of rotatable bonds is 1. The number of benzene rings is 1. The maximum Gasteiger partial charge on any atom is 0.197 e. The van der Waals surface area contributed by atoms with Gasteiger partial charge in [0.2, 0.25) is 0 Å². The van der Waals surface area contributed by atoms with Crippen LogP contribution in [0.25, 0.3) is 0 Å². The van der Waals surface area contributed by atoms with Crippen LogP contribution in [-0.4, -0.2) is 9.97 Å². The van der Waals surface area contributed by atoms with Gasteiger partial charge < -0.3 is 10.7 Å². The van der Waals surface area contributed by atoms with Gasteiger partial charge in [0.05, 0.1) is 5.69 Å². The van der Waals surface area contributed by atoms with Crippen molar-refractivity contribution in [3.05, 3.63) is 46.2 Å². The Morgan fingerprint density at radius 1 is 1.32 bits per heavy atom. The van der Waals surface area contributed by atoms with E-state index in [9.17, 15) is 0 Å². The van der Waals surface area contributed by atoms with E-state index in [-0.39, 0.29) is 0 Å². The van der Waals surface area contributed by atoms with E-state index in [4.69, 9.17) is 17.3 Å². The van der Waals surface area contributed by atoms with E-state index in [1.807, 2.05) is 26.0 Å². The maximum atomic E-state index is 5.91. The summed E-state index contributed by atoms with van der Waals surface area (Å²) < 4.78 is 0. The standard InChI is InChI=1S/C11H13Cl.C5H9N3.C2H2/c1-11(2)7-10(11)8-4-3-5-9(12)6-8;1-3-4(2)8-5(6)7-3;1-2/h3-6,10H,7H2,1-2H3;1-2H3,(H3,6,7,8);1-2H/t10-;;/m0../s1. The van der Waals surface area contributed by atoms with Crippen molar-refractivity contribution >= 4 is 17.5 Å². The lowest BCUT2D eigenvalue weighted by Gasteiger charge is -2.03. The lowest BCUT2D eigenvalue weighted by molar-refractivity contribution is 0.622. The van der Waals surface area contributed by atoms with E-state index >= 15 is 0 Å². The second kappa shape index (κ2) is 7.38. The first kappa shape index (κ1) is 18.1. The molecule has 1 aliphatic carbocycles. The number of terminal acetylenes is 1. The van der Waals surface area contributed by atoms with Gasteiger partial charge in [-0.3, -0.25) is 0 Å². The fraction of sp³-hybridized carbons (Fsp3) is 0.389. The molecule has 1 aliphatic rings. The minimum atomic E-state index is 0.500. The van der Waals surface area contributed by atoms with Crippen molar-refractivity contribution in [1.82, 2.24) is 9.97 Å². The Morgan fingerprint density at radius 2 is 1.91 bits per heavy atom. The molecule has 3 nitrogen and oxygen atoms in total. The molecule has 1 heterocycles. The molecule has 3 N–H and O–H groups in total. The number of halogens is 1. The quantitative estimate of drug-likeness (QED) is 0.748. The fourth-order valence-electron chi connectivity index (χ4n) is 2.33. The zero-order chi connectivity index (χ0) is 16.9. The molecule has 0 saturated heterocycles. The van der Waals surface area contributed by atoms with Crippen molar-refractivity contribution in [2.24, 2.45) is 5.41 Å². The summed E-state index contributed by atoms with van der Waals surface area (Å²) in [6.45, 7) is 8.47. The van der Waals surface area contributed by atoms with E-state index in [1.165, 1.54) is 12.0 Å². The van der Waals surface area contributed by atoms with Crippen LogP contribution >= 0.6 is 11.6 Å². The number of imidazole rings is 1. The number of nitrogens with one attached hydrogen (secondary N) is 1. The van der Waals surface area contributed by atoms with Crippen LogP contribution in [0.1, 0.15) is 43.1 Å². The molecule has 1 atom stereocenters. The van der Waals surface area contributed by atoms with Gasteiger partial charge in [-0.05, 0) is 49.3 Å². The second-order valence-corrected chi connectivity index (χ2v) is 6.57. The topological polar surface area (TPSA) is 54.7 Å². The number of nitrogens with zero attached hydrogens (tertiary/aromatic N) is 1. The average molecular weight is 318 g/mol. The summed E-state index contributed by atoms with van der Waals surface area (Å²) in [7, 11) is 0. The predicted molar refractivity (Wildman–Crippen MR) is 95.0 cm³/mol. The van der Waals surface area contributed by atoms with E-state index in [0.29, 0.717) is 11.4 Å². The monoisotopic (exact) mass is 317 g/mol. The minimum absolute atomic E-state index is 0.500. The largest absolute Gasteiger partial charge is 0.369 e. The third-order valence-corrected chi connectivity index (χ3v) is 4.15. The summed E-state index contributed by atoms with van der Waals surface area (Å²) >= 11 is 5.91. The van der Waals surface area contributed by atoms with Gasteiger partial charge in [0.25, 0.3) is 0 Å². The van der Waals surface area contributed by atoms with Crippen molar-refractivity contribution in [1.29, 1.82) is 0 Å². The Hall–Kier alpha value is -1.92. The molecule has 0 aliphatic heterocycles. The first-order chi connectivity index (χ1) is 10.3. The lowest BCUT2D eigenvalue weighted by atomic mass is 10.0. The molecule has 1 fully saturated rings. The van der Waals surface area contributed by atoms with Gasteiger partial charge >= 0.3 is 0 Å². The Bertz CT molecular complexity index is 621. The van der Waals surface area contributed by atoms with Crippen molar-refractivity contribution in [3.63, 3.8) is 0 Å². The molecule has 2 aromatic rings. The molecular weight excluding hydrogens is 294 g/mol. The number of hydrogen-bond acceptors (Lipinski definition) is 2. The molecule has 22 heavy (non-hydrogen) atoms. The third kappa shape index (κ3) is 4.82. The Kier molecular flexibility index (Phi) is 6.08. The van der Waals surface area contributed by atoms with Crippen molar-refractivity contribution in [3.8, 4) is 12.8 Å². The van der Waals surface area contributed by atoms with Crippen molar-refractivity contribution in [2.75, 3.05) is 5.73 Å². The molecule has 1 saturated carbocycles.